The SMILES string of the molecule is CCOC1CC(Nc2ccc(CC#N)cc2)C12CCCC2. The maximum Gasteiger partial charge on any atom is 0.0670 e. The van der Waals surface area contributed by atoms with Crippen molar-refractivity contribution >= 4 is 5.69 Å². The lowest BCUT2D eigenvalue weighted by atomic mass is 9.60. The van der Waals surface area contributed by atoms with Gasteiger partial charge in [-0.25, -0.2) is 0 Å². The molecule has 112 valence electrons. The summed E-state index contributed by atoms with van der Waals surface area (Å²) in [6.45, 7) is 2.92. The molecule has 2 aliphatic carbocycles. The molecule has 0 aromatic heterocycles. The average molecular weight is 284 g/mol. The van der Waals surface area contributed by atoms with Crippen molar-refractivity contribution in [3.63, 3.8) is 0 Å². The summed E-state index contributed by atoms with van der Waals surface area (Å²) in [7, 11) is 0. The minimum Gasteiger partial charge on any atom is -0.382 e. The van der Waals surface area contributed by atoms with E-state index >= 15 is 0 Å². The van der Waals surface area contributed by atoms with Crippen molar-refractivity contribution in [2.75, 3.05) is 11.9 Å². The lowest BCUT2D eigenvalue weighted by molar-refractivity contribution is -0.114. The van der Waals surface area contributed by atoms with Crippen LogP contribution in [0.2, 0.25) is 0 Å². The van der Waals surface area contributed by atoms with Gasteiger partial charge in [0, 0.05) is 23.8 Å². The van der Waals surface area contributed by atoms with E-state index in [9.17, 15) is 0 Å². The van der Waals surface area contributed by atoms with Gasteiger partial charge in [-0.3, -0.25) is 0 Å². The molecule has 1 aromatic carbocycles. The van der Waals surface area contributed by atoms with Crippen molar-refractivity contribution in [2.24, 2.45) is 5.41 Å². The number of rotatable bonds is 5. The predicted octanol–water partition coefficient (Wildman–Crippen LogP) is 3.90. The average Bonchev–Trinajstić information content (AvgIpc) is 3.01. The molecule has 2 fully saturated rings. The molecule has 0 heterocycles. The van der Waals surface area contributed by atoms with Crippen molar-refractivity contribution in [1.82, 2.24) is 0 Å². The number of hydrogen-bond donors (Lipinski definition) is 1. The van der Waals surface area contributed by atoms with Gasteiger partial charge < -0.3 is 10.1 Å². The molecule has 2 unspecified atom stereocenters. The third-order valence-corrected chi connectivity index (χ3v) is 5.27. The molecule has 1 spiro atoms. The molecule has 0 aliphatic heterocycles. The Labute approximate surface area is 127 Å². The smallest absolute Gasteiger partial charge is 0.0670 e. The summed E-state index contributed by atoms with van der Waals surface area (Å²) in [5, 5.41) is 12.4. The molecule has 2 atom stereocenters. The monoisotopic (exact) mass is 284 g/mol. The molecule has 3 rings (SSSR count). The van der Waals surface area contributed by atoms with E-state index in [1.165, 1.54) is 31.4 Å². The van der Waals surface area contributed by atoms with Crippen molar-refractivity contribution in [3.05, 3.63) is 29.8 Å². The van der Waals surface area contributed by atoms with Crippen molar-refractivity contribution < 1.29 is 4.74 Å². The molecule has 3 nitrogen and oxygen atoms in total. The standard InChI is InChI=1S/C18H24N2O/c1-2-21-17-13-16(18(17)10-3-4-11-18)20-15-7-5-14(6-8-15)9-12-19/h5-8,16-17,20H,2-4,9-11,13H2,1H3. The molecule has 1 N–H and O–H groups in total. The van der Waals surface area contributed by atoms with E-state index in [0.29, 0.717) is 24.0 Å². The Morgan fingerprint density at radius 2 is 2.00 bits per heavy atom. The van der Waals surface area contributed by atoms with Crippen LogP contribution in [0.1, 0.15) is 44.6 Å². The fourth-order valence-electron chi connectivity index (χ4n) is 4.10. The lowest BCUT2D eigenvalue weighted by Crippen LogP contribution is -2.60. The first-order valence-electron chi connectivity index (χ1n) is 8.12. The molecule has 2 aliphatic rings. The second kappa shape index (κ2) is 6.07. The molecule has 0 amide bonds. The van der Waals surface area contributed by atoms with E-state index < -0.39 is 0 Å². The van der Waals surface area contributed by atoms with Gasteiger partial charge in [0.2, 0.25) is 0 Å². The van der Waals surface area contributed by atoms with Gasteiger partial charge in [-0.05, 0) is 43.9 Å². The second-order valence-electron chi connectivity index (χ2n) is 6.35. The summed E-state index contributed by atoms with van der Waals surface area (Å²) < 4.78 is 5.96. The zero-order valence-electron chi connectivity index (χ0n) is 12.8. The Morgan fingerprint density at radius 3 is 2.62 bits per heavy atom. The van der Waals surface area contributed by atoms with Crippen molar-refractivity contribution in [1.29, 1.82) is 5.26 Å². The van der Waals surface area contributed by atoms with Crippen LogP contribution < -0.4 is 5.32 Å². The van der Waals surface area contributed by atoms with E-state index in [-0.39, 0.29) is 0 Å². The zero-order valence-corrected chi connectivity index (χ0v) is 12.8. The highest BCUT2D eigenvalue weighted by molar-refractivity contribution is 5.47. The van der Waals surface area contributed by atoms with E-state index in [1.54, 1.807) is 0 Å². The Kier molecular flexibility index (Phi) is 4.17. The van der Waals surface area contributed by atoms with Gasteiger partial charge >= 0.3 is 0 Å². The molecule has 2 saturated carbocycles. The molecular formula is C18H24N2O. The van der Waals surface area contributed by atoms with Gasteiger partial charge in [0.25, 0.3) is 0 Å². The van der Waals surface area contributed by atoms with Gasteiger partial charge in [-0.15, -0.1) is 0 Å². The first-order valence-corrected chi connectivity index (χ1v) is 8.12. The molecule has 1 aromatic rings. The van der Waals surface area contributed by atoms with E-state index in [2.05, 4.69) is 30.4 Å². The van der Waals surface area contributed by atoms with Crippen LogP contribution in [-0.2, 0) is 11.2 Å². The molecule has 0 bridgehead atoms. The van der Waals surface area contributed by atoms with Gasteiger partial charge in [0.05, 0.1) is 18.6 Å². The predicted molar refractivity (Wildman–Crippen MR) is 84.1 cm³/mol. The van der Waals surface area contributed by atoms with Crippen LogP contribution in [0.15, 0.2) is 24.3 Å². The Morgan fingerprint density at radius 1 is 1.29 bits per heavy atom. The molecular weight excluding hydrogens is 260 g/mol. The first-order chi connectivity index (χ1) is 10.3. The van der Waals surface area contributed by atoms with E-state index in [4.69, 9.17) is 10.00 Å². The highest BCUT2D eigenvalue weighted by Gasteiger charge is 2.56. The van der Waals surface area contributed by atoms with Crippen molar-refractivity contribution in [3.8, 4) is 6.07 Å². The number of hydrogen-bond acceptors (Lipinski definition) is 3. The quantitative estimate of drug-likeness (QED) is 0.891. The fraction of sp³-hybridized carbons (Fsp3) is 0.611. The zero-order chi connectivity index (χ0) is 14.7. The third-order valence-electron chi connectivity index (χ3n) is 5.27. The van der Waals surface area contributed by atoms with Gasteiger partial charge in [0.15, 0.2) is 0 Å². The third kappa shape index (κ3) is 2.65. The summed E-state index contributed by atoms with van der Waals surface area (Å²) in [5.41, 5.74) is 2.61. The minimum atomic E-state index is 0.362. The van der Waals surface area contributed by atoms with Crippen molar-refractivity contribution in [2.45, 2.75) is 57.6 Å². The number of anilines is 1. The first kappa shape index (κ1) is 14.4. The summed E-state index contributed by atoms with van der Waals surface area (Å²) in [4.78, 5) is 0. The van der Waals surface area contributed by atoms with Crippen LogP contribution in [0.5, 0.6) is 0 Å². The van der Waals surface area contributed by atoms with Gasteiger partial charge in [-0.1, -0.05) is 25.0 Å². The number of nitrogens with zero attached hydrogens (tertiary/aromatic N) is 1. The largest absolute Gasteiger partial charge is 0.382 e. The maximum atomic E-state index is 8.72. The summed E-state index contributed by atoms with van der Waals surface area (Å²) in [5.74, 6) is 0. The van der Waals surface area contributed by atoms with Gasteiger partial charge in [-0.2, -0.15) is 5.26 Å². The van der Waals surface area contributed by atoms with E-state index in [0.717, 1.165) is 18.6 Å². The summed E-state index contributed by atoms with van der Waals surface area (Å²) >= 11 is 0. The normalized spacial score (nSPS) is 26.3. The maximum absolute atomic E-state index is 8.72. The molecule has 0 saturated heterocycles. The summed E-state index contributed by atoms with van der Waals surface area (Å²) in [6, 6.07) is 11.0. The Hall–Kier alpha value is -1.53. The van der Waals surface area contributed by atoms with Crippen LogP contribution in [0.3, 0.4) is 0 Å². The minimum absolute atomic E-state index is 0.362. The second-order valence-corrected chi connectivity index (χ2v) is 6.35. The fourth-order valence-corrected chi connectivity index (χ4v) is 4.10. The van der Waals surface area contributed by atoms with Crippen LogP contribution >= 0.6 is 0 Å². The lowest BCUT2D eigenvalue weighted by Gasteiger charge is -2.54. The van der Waals surface area contributed by atoms with Crippen LogP contribution in [-0.4, -0.2) is 18.8 Å². The molecule has 3 heteroatoms. The number of ether oxygens (including phenoxy) is 1. The van der Waals surface area contributed by atoms with Crippen LogP contribution in [0, 0.1) is 16.7 Å². The number of benzene rings is 1. The topological polar surface area (TPSA) is 45.0 Å². The number of nitriles is 1. The van der Waals surface area contributed by atoms with Crippen LogP contribution in [0.25, 0.3) is 0 Å². The molecule has 0 radical (unpaired) electrons. The highest BCUT2D eigenvalue weighted by atomic mass is 16.5. The Balaban J connectivity index is 1.66. The van der Waals surface area contributed by atoms with Gasteiger partial charge in [0.1, 0.15) is 0 Å². The van der Waals surface area contributed by atoms with Crippen LogP contribution in [0.4, 0.5) is 5.69 Å². The Bertz CT molecular complexity index is 511. The molecule has 21 heavy (non-hydrogen) atoms. The summed E-state index contributed by atoms with van der Waals surface area (Å²) in [6.07, 6.45) is 7.31. The number of nitrogens with one attached hydrogen (secondary N) is 1. The highest BCUT2D eigenvalue weighted by Crippen LogP contribution is 2.55. The van der Waals surface area contributed by atoms with E-state index in [1.807, 2.05) is 12.1 Å².